The minimum Gasteiger partial charge on any atom is -0.494 e. The van der Waals surface area contributed by atoms with E-state index in [2.05, 4.69) is 11.8 Å². The van der Waals surface area contributed by atoms with Crippen molar-refractivity contribution in [1.82, 2.24) is 4.90 Å². The molecule has 0 saturated carbocycles. The maximum absolute atomic E-state index is 6.26. The van der Waals surface area contributed by atoms with E-state index in [1.165, 1.54) is 0 Å². The van der Waals surface area contributed by atoms with Crippen LogP contribution in [0.4, 0.5) is 0 Å². The number of ether oxygens (including phenoxy) is 4. The topological polar surface area (TPSA) is 52.5 Å². The summed E-state index contributed by atoms with van der Waals surface area (Å²) < 4.78 is 23.6. The Balaban J connectivity index is 1.76. The average Bonchev–Trinajstić information content (AvgIpc) is 2.80. The van der Waals surface area contributed by atoms with E-state index < -0.39 is 0 Å². The number of hydrogen-bond acceptors (Lipinski definition) is 6. The average molecular weight is 423 g/mol. The van der Waals surface area contributed by atoms with Crippen molar-refractivity contribution in [2.24, 2.45) is 4.99 Å². The van der Waals surface area contributed by atoms with E-state index >= 15 is 0 Å². The van der Waals surface area contributed by atoms with E-state index in [-0.39, 0.29) is 0 Å². The number of hydrogen-bond donors (Lipinski definition) is 0. The smallest absolute Gasteiger partial charge is 0.161 e. The Morgan fingerprint density at radius 3 is 2.77 bits per heavy atom. The molecule has 2 aromatic carbocycles. The minimum absolute atomic E-state index is 0.602. The molecule has 0 spiro atoms. The van der Waals surface area contributed by atoms with Gasteiger partial charge in [0.15, 0.2) is 11.5 Å². The molecule has 0 aliphatic carbocycles. The second-order valence-corrected chi connectivity index (χ2v) is 7.47. The number of benzene rings is 2. The molecule has 6 heteroatoms. The molecule has 0 N–H and O–H groups in total. The monoisotopic (exact) mass is 422 g/mol. The van der Waals surface area contributed by atoms with Crippen LogP contribution in [-0.2, 0) is 0 Å². The summed E-state index contributed by atoms with van der Waals surface area (Å²) >= 11 is 0. The van der Waals surface area contributed by atoms with Gasteiger partial charge < -0.3 is 23.8 Å². The summed E-state index contributed by atoms with van der Waals surface area (Å²) in [5, 5.41) is 0. The minimum atomic E-state index is 0.602. The second kappa shape index (κ2) is 9.88. The lowest BCUT2D eigenvalue weighted by atomic mass is 10.0. The lowest BCUT2D eigenvalue weighted by molar-refractivity contribution is 0.210. The first kappa shape index (κ1) is 21.2. The number of allylic oxidation sites excluding steroid dienone is 1. The van der Waals surface area contributed by atoms with Gasteiger partial charge >= 0.3 is 0 Å². The highest BCUT2D eigenvalue weighted by atomic mass is 16.5. The van der Waals surface area contributed by atoms with Crippen LogP contribution in [0.25, 0.3) is 5.76 Å². The predicted molar refractivity (Wildman–Crippen MR) is 123 cm³/mol. The highest BCUT2D eigenvalue weighted by Crippen LogP contribution is 2.36. The lowest BCUT2D eigenvalue weighted by Crippen LogP contribution is -2.30. The summed E-state index contributed by atoms with van der Waals surface area (Å²) in [5.41, 5.74) is 2.79. The van der Waals surface area contributed by atoms with Crippen LogP contribution in [0.2, 0.25) is 0 Å². The first-order valence-electron chi connectivity index (χ1n) is 11.0. The van der Waals surface area contributed by atoms with Crippen molar-refractivity contribution < 1.29 is 18.9 Å². The van der Waals surface area contributed by atoms with Crippen LogP contribution in [0.3, 0.4) is 0 Å². The van der Waals surface area contributed by atoms with Crippen molar-refractivity contribution in [3.63, 3.8) is 0 Å². The number of rotatable bonds is 4. The highest BCUT2D eigenvalue weighted by molar-refractivity contribution is 6.15. The fourth-order valence-electron chi connectivity index (χ4n) is 3.83. The van der Waals surface area contributed by atoms with Crippen LogP contribution < -0.4 is 18.9 Å². The van der Waals surface area contributed by atoms with Crippen LogP contribution in [0.1, 0.15) is 31.4 Å². The van der Waals surface area contributed by atoms with Gasteiger partial charge in [-0.05, 0) is 56.3 Å². The zero-order valence-corrected chi connectivity index (χ0v) is 18.5. The molecule has 0 atom stereocenters. The Labute approximate surface area is 184 Å². The molecule has 0 fully saturated rings. The third kappa shape index (κ3) is 4.85. The van der Waals surface area contributed by atoms with Crippen LogP contribution in [-0.4, -0.2) is 57.1 Å². The molecule has 6 nitrogen and oxygen atoms in total. The van der Waals surface area contributed by atoms with Crippen molar-refractivity contribution in [2.75, 3.05) is 46.5 Å². The highest BCUT2D eigenvalue weighted by Gasteiger charge is 2.21. The largest absolute Gasteiger partial charge is 0.494 e. The fraction of sp³-hybridized carbons (Fsp3) is 0.400. The predicted octanol–water partition coefficient (Wildman–Crippen LogP) is 4.42. The van der Waals surface area contributed by atoms with Crippen molar-refractivity contribution in [3.8, 4) is 23.0 Å². The summed E-state index contributed by atoms with van der Waals surface area (Å²) in [6, 6.07) is 11.8. The van der Waals surface area contributed by atoms with E-state index in [0.29, 0.717) is 24.7 Å². The molecule has 0 aromatic heterocycles. The van der Waals surface area contributed by atoms with Gasteiger partial charge in [0.25, 0.3) is 0 Å². The SMILES string of the molecule is CCOc1ccc2c(c1)C1=NCCCN(CC)CCOc3cc(ccc3OC)C(=C1)O2. The molecular weight excluding hydrogens is 392 g/mol. The Hall–Kier alpha value is -2.99. The molecule has 2 aliphatic heterocycles. The van der Waals surface area contributed by atoms with Gasteiger partial charge in [0.1, 0.15) is 23.9 Å². The third-order valence-corrected chi connectivity index (χ3v) is 5.50. The van der Waals surface area contributed by atoms with E-state index in [0.717, 1.165) is 66.7 Å². The lowest BCUT2D eigenvalue weighted by Gasteiger charge is -2.23. The molecule has 2 aliphatic rings. The van der Waals surface area contributed by atoms with Gasteiger partial charge in [0.2, 0.25) is 0 Å². The van der Waals surface area contributed by atoms with Gasteiger partial charge in [-0.1, -0.05) is 6.92 Å². The quantitative estimate of drug-likeness (QED) is 0.730. The van der Waals surface area contributed by atoms with Gasteiger partial charge in [-0.2, -0.15) is 0 Å². The molecule has 0 unspecified atom stereocenters. The van der Waals surface area contributed by atoms with E-state index in [1.54, 1.807) is 7.11 Å². The first-order chi connectivity index (χ1) is 15.2. The normalized spacial score (nSPS) is 16.6. The zero-order valence-electron chi connectivity index (χ0n) is 18.5. The standard InChI is InChI=1S/C25H30N2O4/c1-4-27-12-6-11-26-21-17-24(31-22-10-8-19(29-5-2)16-20(21)22)18-7-9-23(28-3)25(15-18)30-14-13-27/h7-10,15-17H,4-6,11-14H2,1-3H3. The Morgan fingerprint density at radius 2 is 1.97 bits per heavy atom. The molecule has 164 valence electrons. The molecule has 0 amide bonds. The summed E-state index contributed by atoms with van der Waals surface area (Å²) in [7, 11) is 1.66. The van der Waals surface area contributed by atoms with E-state index in [4.69, 9.17) is 23.9 Å². The maximum Gasteiger partial charge on any atom is 0.161 e. The number of likely N-dealkylation sites (N-methyl/N-ethyl adjacent to an activating group) is 1. The summed E-state index contributed by atoms with van der Waals surface area (Å²) in [4.78, 5) is 7.32. The van der Waals surface area contributed by atoms with Crippen LogP contribution in [0, 0.1) is 0 Å². The summed E-state index contributed by atoms with van der Waals surface area (Å²) in [6.45, 7) is 8.95. The molecule has 0 saturated heterocycles. The van der Waals surface area contributed by atoms with Crippen molar-refractivity contribution in [1.29, 1.82) is 0 Å². The molecule has 31 heavy (non-hydrogen) atoms. The molecule has 2 heterocycles. The molecule has 4 rings (SSSR count). The number of methoxy groups -OCH3 is 1. The van der Waals surface area contributed by atoms with Gasteiger partial charge in [0.05, 0.1) is 19.4 Å². The Bertz CT molecular complexity index is 983. The first-order valence-corrected chi connectivity index (χ1v) is 11.0. The Kier molecular flexibility index (Phi) is 6.77. The second-order valence-electron chi connectivity index (χ2n) is 7.47. The number of fused-ring (bicyclic) bond motifs is 6. The summed E-state index contributed by atoms with van der Waals surface area (Å²) in [5.74, 6) is 3.77. The van der Waals surface area contributed by atoms with Crippen molar-refractivity contribution >= 4 is 11.5 Å². The third-order valence-electron chi connectivity index (χ3n) is 5.50. The zero-order chi connectivity index (χ0) is 21.6. The summed E-state index contributed by atoms with van der Waals surface area (Å²) in [6.07, 6.45) is 2.99. The molecule has 0 radical (unpaired) electrons. The molecular formula is C25H30N2O4. The molecule has 2 aromatic rings. The van der Waals surface area contributed by atoms with Gasteiger partial charge in [-0.15, -0.1) is 0 Å². The van der Waals surface area contributed by atoms with Crippen LogP contribution in [0.15, 0.2) is 47.5 Å². The fourth-order valence-corrected chi connectivity index (χ4v) is 3.83. The van der Waals surface area contributed by atoms with E-state index in [1.807, 2.05) is 49.4 Å². The van der Waals surface area contributed by atoms with Crippen LogP contribution in [0.5, 0.6) is 23.0 Å². The molecule has 4 bridgehead atoms. The van der Waals surface area contributed by atoms with E-state index in [9.17, 15) is 0 Å². The van der Waals surface area contributed by atoms with Crippen LogP contribution >= 0.6 is 0 Å². The van der Waals surface area contributed by atoms with Gasteiger partial charge in [-0.25, -0.2) is 0 Å². The maximum atomic E-state index is 6.26. The van der Waals surface area contributed by atoms with Crippen molar-refractivity contribution in [3.05, 3.63) is 53.6 Å². The number of aliphatic imine (C=N–C) groups is 1. The van der Waals surface area contributed by atoms with Gasteiger partial charge in [-0.3, -0.25) is 4.99 Å². The number of nitrogens with zero attached hydrogens (tertiary/aromatic N) is 2. The van der Waals surface area contributed by atoms with Crippen molar-refractivity contribution in [2.45, 2.75) is 20.3 Å². The van der Waals surface area contributed by atoms with Gasteiger partial charge in [0, 0.05) is 36.8 Å². The Morgan fingerprint density at radius 1 is 1.06 bits per heavy atom.